The second kappa shape index (κ2) is 10.6. The Hall–Kier alpha value is -4.26. The van der Waals surface area contributed by atoms with Crippen LogP contribution in [0.4, 0.5) is 23.7 Å². The Kier molecular flexibility index (Phi) is 7.91. The van der Waals surface area contributed by atoms with Crippen LogP contribution < -0.4 is 4.90 Å². The molecule has 9 nitrogen and oxygen atoms in total. The molecule has 0 saturated carbocycles. The molecule has 1 N–H and O–H groups in total. The third kappa shape index (κ3) is 5.83. The number of pyridine rings is 1. The van der Waals surface area contributed by atoms with Gasteiger partial charge < -0.3 is 10.0 Å². The zero-order chi connectivity index (χ0) is 28.3. The molecule has 0 atom stereocenters. The number of carbonyl (C=O) groups is 3. The first-order valence-electron chi connectivity index (χ1n) is 10.9. The molecule has 1 saturated heterocycles. The van der Waals surface area contributed by atoms with E-state index in [-0.39, 0.29) is 22.2 Å². The number of amides is 3. The van der Waals surface area contributed by atoms with Crippen molar-refractivity contribution in [2.24, 2.45) is 0 Å². The zero-order valence-corrected chi connectivity index (χ0v) is 20.9. The minimum absolute atomic E-state index is 0.0921. The average Bonchev–Trinajstić information content (AvgIpc) is 3.04. The van der Waals surface area contributed by atoms with Gasteiger partial charge in [0, 0.05) is 18.9 Å². The number of nitrogens with zero attached hydrogens (tertiary/aromatic N) is 3. The lowest BCUT2D eigenvalue weighted by Crippen LogP contribution is -2.43. The van der Waals surface area contributed by atoms with Gasteiger partial charge in [0.25, 0.3) is 5.91 Å². The fourth-order valence-corrected chi connectivity index (χ4v) is 4.79. The number of aliphatic carboxylic acids is 1. The van der Waals surface area contributed by atoms with Crippen LogP contribution in [0.3, 0.4) is 0 Å². The summed E-state index contributed by atoms with van der Waals surface area (Å²) in [5.41, 5.74) is 0.137. The molecule has 3 amide bonds. The Balaban J connectivity index is 0.000000505. The van der Waals surface area contributed by atoms with Gasteiger partial charge in [-0.05, 0) is 67.9 Å². The number of halogens is 3. The van der Waals surface area contributed by atoms with E-state index in [1.807, 2.05) is 0 Å². The van der Waals surface area contributed by atoms with Crippen LogP contribution in [0, 0.1) is 0 Å². The van der Waals surface area contributed by atoms with Crippen molar-refractivity contribution in [3.8, 4) is 0 Å². The highest BCUT2D eigenvalue weighted by molar-refractivity contribution is 7.91. The molecule has 38 heavy (non-hydrogen) atoms. The van der Waals surface area contributed by atoms with E-state index in [4.69, 9.17) is 9.90 Å². The number of urea groups is 1. The number of anilines is 1. The molecule has 0 radical (unpaired) electrons. The van der Waals surface area contributed by atoms with Crippen LogP contribution in [-0.2, 0) is 26.0 Å². The summed E-state index contributed by atoms with van der Waals surface area (Å²) in [6.45, 7) is 3.66. The SMILES string of the molecule is CC1(C)C(=O)N(c2ccc(S(=O)(=O)c3ccccc3)cc2)C(=O)N1Cc1ccncc1.O=C(O)C(F)(F)F. The van der Waals surface area contributed by atoms with Crippen molar-refractivity contribution in [2.45, 2.75) is 41.9 Å². The third-order valence-electron chi connectivity index (χ3n) is 5.61. The Morgan fingerprint density at radius 2 is 1.42 bits per heavy atom. The Morgan fingerprint density at radius 3 is 1.92 bits per heavy atom. The largest absolute Gasteiger partial charge is 0.490 e. The quantitative estimate of drug-likeness (QED) is 0.471. The average molecular weight is 550 g/mol. The topological polar surface area (TPSA) is 125 Å². The van der Waals surface area contributed by atoms with E-state index in [1.54, 1.807) is 56.6 Å². The molecular weight excluding hydrogens is 527 g/mol. The normalized spacial score (nSPS) is 15.2. The Bertz CT molecular complexity index is 1430. The molecular formula is C25H22F3N3O6S. The van der Waals surface area contributed by atoms with E-state index < -0.39 is 33.6 Å². The van der Waals surface area contributed by atoms with Crippen molar-refractivity contribution >= 4 is 33.4 Å². The molecule has 0 spiro atoms. The van der Waals surface area contributed by atoms with Crippen LogP contribution in [0.1, 0.15) is 19.4 Å². The van der Waals surface area contributed by atoms with Crippen LogP contribution in [0.2, 0.25) is 0 Å². The molecule has 200 valence electrons. The maximum absolute atomic E-state index is 13.1. The number of rotatable bonds is 5. The molecule has 1 aliphatic heterocycles. The van der Waals surface area contributed by atoms with Crippen molar-refractivity contribution in [1.82, 2.24) is 9.88 Å². The van der Waals surface area contributed by atoms with Gasteiger partial charge in [0.15, 0.2) is 0 Å². The summed E-state index contributed by atoms with van der Waals surface area (Å²) in [7, 11) is -3.69. The van der Waals surface area contributed by atoms with Crippen molar-refractivity contribution in [3.05, 3.63) is 84.7 Å². The monoisotopic (exact) mass is 549 g/mol. The van der Waals surface area contributed by atoms with E-state index in [2.05, 4.69) is 4.98 Å². The number of hydrogen-bond donors (Lipinski definition) is 1. The lowest BCUT2D eigenvalue weighted by molar-refractivity contribution is -0.192. The number of sulfone groups is 1. The molecule has 1 fully saturated rings. The summed E-state index contributed by atoms with van der Waals surface area (Å²) >= 11 is 0. The van der Waals surface area contributed by atoms with Crippen molar-refractivity contribution in [2.75, 3.05) is 4.90 Å². The van der Waals surface area contributed by atoms with Gasteiger partial charge in [-0.2, -0.15) is 13.2 Å². The summed E-state index contributed by atoms with van der Waals surface area (Å²) in [4.78, 5) is 42.0. The number of carbonyl (C=O) groups excluding carboxylic acids is 2. The predicted molar refractivity (Wildman–Crippen MR) is 129 cm³/mol. The molecule has 2 aromatic carbocycles. The number of carboxylic acid groups (broad SMARTS) is 1. The second-order valence-electron chi connectivity index (χ2n) is 8.54. The summed E-state index contributed by atoms with van der Waals surface area (Å²) in [6.07, 6.45) is -1.82. The van der Waals surface area contributed by atoms with Crippen LogP contribution in [0.25, 0.3) is 0 Å². The lowest BCUT2D eigenvalue weighted by Gasteiger charge is -2.27. The van der Waals surface area contributed by atoms with Crippen molar-refractivity contribution in [3.63, 3.8) is 0 Å². The highest BCUT2D eigenvalue weighted by Crippen LogP contribution is 2.34. The first kappa shape index (κ1) is 28.3. The second-order valence-corrected chi connectivity index (χ2v) is 10.5. The van der Waals surface area contributed by atoms with Gasteiger partial charge in [-0.1, -0.05) is 18.2 Å². The van der Waals surface area contributed by atoms with Gasteiger partial charge >= 0.3 is 18.2 Å². The predicted octanol–water partition coefficient (Wildman–Crippen LogP) is 4.30. The Labute approximate surface area is 216 Å². The van der Waals surface area contributed by atoms with E-state index in [9.17, 15) is 31.2 Å². The minimum atomic E-state index is -5.08. The van der Waals surface area contributed by atoms with Crippen molar-refractivity contribution < 1.29 is 41.1 Å². The maximum atomic E-state index is 13.1. The number of alkyl halides is 3. The fraction of sp³-hybridized carbons (Fsp3) is 0.200. The minimum Gasteiger partial charge on any atom is -0.475 e. The highest BCUT2D eigenvalue weighted by Gasteiger charge is 2.51. The standard InChI is InChI=1S/C23H21N3O4S.C2HF3O2/c1-23(2)21(27)26(22(28)25(23)16-17-12-14-24-15-13-17)18-8-10-20(11-9-18)31(29,30)19-6-4-3-5-7-19;3-2(4,5)1(6)7/h3-15H,16H2,1-2H3;(H,6,7). The van der Waals surface area contributed by atoms with Gasteiger partial charge in [0.05, 0.1) is 15.5 Å². The third-order valence-corrected chi connectivity index (χ3v) is 7.40. The summed E-state index contributed by atoms with van der Waals surface area (Å²) < 4.78 is 57.3. The zero-order valence-electron chi connectivity index (χ0n) is 20.1. The summed E-state index contributed by atoms with van der Waals surface area (Å²) in [6, 6.07) is 17.0. The number of hydrogen-bond acceptors (Lipinski definition) is 6. The molecule has 1 aromatic heterocycles. The summed E-state index contributed by atoms with van der Waals surface area (Å²) in [5, 5.41) is 7.12. The molecule has 0 unspecified atom stereocenters. The lowest BCUT2D eigenvalue weighted by atomic mass is 10.0. The maximum Gasteiger partial charge on any atom is 0.490 e. The van der Waals surface area contributed by atoms with Crippen molar-refractivity contribution in [1.29, 1.82) is 0 Å². The van der Waals surface area contributed by atoms with Crippen LogP contribution in [-0.4, -0.2) is 53.0 Å². The number of benzene rings is 2. The van der Waals surface area contributed by atoms with Gasteiger partial charge in [0.2, 0.25) is 9.84 Å². The first-order chi connectivity index (χ1) is 17.7. The molecule has 1 aliphatic rings. The van der Waals surface area contributed by atoms with E-state index >= 15 is 0 Å². The van der Waals surface area contributed by atoms with E-state index in [0.29, 0.717) is 5.69 Å². The highest BCUT2D eigenvalue weighted by atomic mass is 32.2. The molecule has 0 aliphatic carbocycles. The van der Waals surface area contributed by atoms with Crippen LogP contribution >= 0.6 is 0 Å². The molecule has 0 bridgehead atoms. The molecule has 13 heteroatoms. The van der Waals surface area contributed by atoms with Gasteiger partial charge in [-0.25, -0.2) is 22.9 Å². The first-order valence-corrected chi connectivity index (χ1v) is 12.4. The van der Waals surface area contributed by atoms with Gasteiger partial charge in [0.1, 0.15) is 5.54 Å². The molecule has 2 heterocycles. The Morgan fingerprint density at radius 1 is 0.921 bits per heavy atom. The van der Waals surface area contributed by atoms with E-state index in [1.165, 1.54) is 41.3 Å². The number of imide groups is 1. The van der Waals surface area contributed by atoms with Crippen LogP contribution in [0.5, 0.6) is 0 Å². The fourth-order valence-electron chi connectivity index (χ4n) is 3.51. The summed E-state index contributed by atoms with van der Waals surface area (Å²) in [5.74, 6) is -3.13. The smallest absolute Gasteiger partial charge is 0.475 e. The van der Waals surface area contributed by atoms with Gasteiger partial charge in [-0.3, -0.25) is 9.78 Å². The number of aromatic nitrogens is 1. The van der Waals surface area contributed by atoms with Gasteiger partial charge in [-0.15, -0.1) is 0 Å². The van der Waals surface area contributed by atoms with Crippen LogP contribution in [0.15, 0.2) is 88.9 Å². The van der Waals surface area contributed by atoms with E-state index in [0.717, 1.165) is 10.5 Å². The molecule has 4 rings (SSSR count). The number of carboxylic acids is 1. The molecule has 3 aromatic rings.